The summed E-state index contributed by atoms with van der Waals surface area (Å²) in [6.45, 7) is 19.7. The van der Waals surface area contributed by atoms with Gasteiger partial charge in [0.2, 0.25) is 0 Å². The van der Waals surface area contributed by atoms with Crippen molar-refractivity contribution in [2.45, 2.75) is 68.9 Å². The van der Waals surface area contributed by atoms with Gasteiger partial charge in [-0.1, -0.05) is 41.5 Å². The van der Waals surface area contributed by atoms with Gasteiger partial charge in [0.05, 0.1) is 17.1 Å². The van der Waals surface area contributed by atoms with Gasteiger partial charge >= 0.3 is 8.80 Å². The van der Waals surface area contributed by atoms with Crippen molar-refractivity contribution in [3.63, 3.8) is 0 Å². The maximum atomic E-state index is 5.58. The third-order valence-corrected chi connectivity index (χ3v) is 4.84. The lowest BCUT2D eigenvalue weighted by Gasteiger charge is -2.20. The molecule has 0 amide bonds. The molecular formula is C16H33N3O3Si. The quantitative estimate of drug-likeness (QED) is 0.346. The Kier molecular flexibility index (Phi) is 9.12. The highest BCUT2D eigenvalue weighted by molar-refractivity contribution is 6.59. The SMILES string of the molecule is CC(=NO[Si](C)(ON=C(C)C(C)C)ON=C(C)C(C)C)C(C)C. The van der Waals surface area contributed by atoms with Crippen LogP contribution in [0.3, 0.4) is 0 Å². The highest BCUT2D eigenvalue weighted by Gasteiger charge is 2.45. The average Bonchev–Trinajstić information content (AvgIpc) is 2.47. The van der Waals surface area contributed by atoms with E-state index in [0.717, 1.165) is 17.1 Å². The molecule has 0 saturated carbocycles. The van der Waals surface area contributed by atoms with E-state index in [0.29, 0.717) is 0 Å². The van der Waals surface area contributed by atoms with Gasteiger partial charge in [0.25, 0.3) is 0 Å². The number of hydrogen-bond donors (Lipinski definition) is 0. The number of hydrogen-bond acceptors (Lipinski definition) is 6. The summed E-state index contributed by atoms with van der Waals surface area (Å²) in [7, 11) is -3.14. The van der Waals surface area contributed by atoms with Gasteiger partial charge in [-0.2, -0.15) is 0 Å². The fraction of sp³-hybridized carbons (Fsp3) is 0.812. The molecule has 0 aliphatic rings. The van der Waals surface area contributed by atoms with Crippen molar-refractivity contribution in [2.24, 2.45) is 33.2 Å². The molecule has 7 heteroatoms. The van der Waals surface area contributed by atoms with Crippen LogP contribution in [0.5, 0.6) is 0 Å². The van der Waals surface area contributed by atoms with Crippen LogP contribution in [0.4, 0.5) is 0 Å². The predicted molar refractivity (Wildman–Crippen MR) is 98.7 cm³/mol. The summed E-state index contributed by atoms with van der Waals surface area (Å²) in [6, 6.07) is 0. The Labute approximate surface area is 142 Å². The Bertz CT molecular complexity index is 393. The number of nitrogens with zero attached hydrogens (tertiary/aromatic N) is 3. The minimum absolute atomic E-state index is 0.287. The zero-order valence-corrected chi connectivity index (χ0v) is 17.3. The van der Waals surface area contributed by atoms with Crippen LogP contribution in [0.15, 0.2) is 15.5 Å². The van der Waals surface area contributed by atoms with Crippen LogP contribution in [0, 0.1) is 17.8 Å². The van der Waals surface area contributed by atoms with E-state index in [2.05, 4.69) is 15.5 Å². The summed E-state index contributed by atoms with van der Waals surface area (Å²) in [4.78, 5) is 0. The van der Waals surface area contributed by atoms with Crippen LogP contribution >= 0.6 is 0 Å². The lowest BCUT2D eigenvalue weighted by molar-refractivity contribution is 0.0716. The fourth-order valence-corrected chi connectivity index (χ4v) is 1.86. The lowest BCUT2D eigenvalue weighted by Crippen LogP contribution is -2.39. The summed E-state index contributed by atoms with van der Waals surface area (Å²) < 4.78 is 16.7. The van der Waals surface area contributed by atoms with Crippen molar-refractivity contribution in [3.05, 3.63) is 0 Å². The summed E-state index contributed by atoms with van der Waals surface area (Å²) in [6.07, 6.45) is 0. The first-order valence-corrected chi connectivity index (χ1v) is 10.4. The Balaban J connectivity index is 5.22. The third-order valence-electron chi connectivity index (χ3n) is 3.57. The van der Waals surface area contributed by atoms with Crippen molar-refractivity contribution in [2.75, 3.05) is 0 Å². The van der Waals surface area contributed by atoms with Gasteiger partial charge in [-0.05, 0) is 38.5 Å². The van der Waals surface area contributed by atoms with E-state index in [1.54, 1.807) is 6.55 Å². The topological polar surface area (TPSA) is 64.8 Å². The smallest absolute Gasteiger partial charge is 0.373 e. The molecule has 0 aromatic heterocycles. The molecule has 0 unspecified atom stereocenters. The fourth-order valence-electron chi connectivity index (χ4n) is 0.831. The summed E-state index contributed by atoms with van der Waals surface area (Å²) in [5.41, 5.74) is 2.60. The lowest BCUT2D eigenvalue weighted by atomic mass is 10.1. The molecule has 0 N–H and O–H groups in total. The maximum absolute atomic E-state index is 5.58. The monoisotopic (exact) mass is 343 g/mol. The van der Waals surface area contributed by atoms with E-state index in [1.807, 2.05) is 62.3 Å². The van der Waals surface area contributed by atoms with Crippen LogP contribution in [-0.4, -0.2) is 25.9 Å². The molecule has 0 spiro atoms. The minimum Gasteiger partial charge on any atom is -0.373 e. The molecule has 134 valence electrons. The normalized spacial score (nSPS) is 16.8. The van der Waals surface area contributed by atoms with Crippen molar-refractivity contribution >= 4 is 25.9 Å². The average molecular weight is 344 g/mol. The van der Waals surface area contributed by atoms with Crippen LogP contribution in [-0.2, 0) is 13.6 Å². The van der Waals surface area contributed by atoms with Gasteiger partial charge in [0, 0.05) is 6.55 Å². The molecular weight excluding hydrogens is 310 g/mol. The Morgan fingerprint density at radius 2 is 0.826 bits per heavy atom. The molecule has 0 atom stereocenters. The van der Waals surface area contributed by atoms with E-state index in [9.17, 15) is 0 Å². The third kappa shape index (κ3) is 8.73. The van der Waals surface area contributed by atoms with Gasteiger partial charge in [0.1, 0.15) is 0 Å². The predicted octanol–water partition coefficient (Wildman–Crippen LogP) is 4.70. The van der Waals surface area contributed by atoms with Crippen LogP contribution in [0.1, 0.15) is 62.3 Å². The van der Waals surface area contributed by atoms with Crippen LogP contribution < -0.4 is 0 Å². The summed E-state index contributed by atoms with van der Waals surface area (Å²) in [5.74, 6) is 0.861. The van der Waals surface area contributed by atoms with Gasteiger partial charge in [-0.25, -0.2) is 0 Å². The molecule has 0 aromatic rings. The van der Waals surface area contributed by atoms with Crippen LogP contribution in [0.2, 0.25) is 6.55 Å². The maximum Gasteiger partial charge on any atom is 0.759 e. The molecule has 0 aromatic carbocycles. The first-order valence-electron chi connectivity index (χ1n) is 8.16. The van der Waals surface area contributed by atoms with Gasteiger partial charge in [-0.15, -0.1) is 15.5 Å². The zero-order chi connectivity index (χ0) is 18.2. The molecule has 0 fully saturated rings. The highest BCUT2D eigenvalue weighted by atomic mass is 28.4. The van der Waals surface area contributed by atoms with E-state index >= 15 is 0 Å². The second-order valence-electron chi connectivity index (χ2n) is 6.80. The van der Waals surface area contributed by atoms with E-state index in [1.165, 1.54) is 0 Å². The van der Waals surface area contributed by atoms with Crippen molar-refractivity contribution in [1.29, 1.82) is 0 Å². The molecule has 0 radical (unpaired) electrons. The Morgan fingerprint density at radius 1 is 0.609 bits per heavy atom. The minimum atomic E-state index is -3.14. The van der Waals surface area contributed by atoms with Crippen molar-refractivity contribution in [1.82, 2.24) is 0 Å². The first-order chi connectivity index (χ1) is 10.5. The van der Waals surface area contributed by atoms with Gasteiger partial charge in [0.15, 0.2) is 0 Å². The van der Waals surface area contributed by atoms with E-state index in [-0.39, 0.29) is 17.8 Å². The molecule has 23 heavy (non-hydrogen) atoms. The second-order valence-corrected chi connectivity index (χ2v) is 9.07. The van der Waals surface area contributed by atoms with Gasteiger partial charge < -0.3 is 13.6 Å². The highest BCUT2D eigenvalue weighted by Crippen LogP contribution is 2.14. The molecule has 0 saturated heterocycles. The first kappa shape index (κ1) is 21.6. The molecule has 0 aliphatic carbocycles. The Hall–Kier alpha value is -1.37. The number of oxime groups is 3. The largest absolute Gasteiger partial charge is 0.759 e. The molecule has 6 nitrogen and oxygen atoms in total. The van der Waals surface area contributed by atoms with E-state index in [4.69, 9.17) is 13.6 Å². The molecule has 0 bridgehead atoms. The molecule has 0 heterocycles. The molecule has 0 aliphatic heterocycles. The van der Waals surface area contributed by atoms with E-state index < -0.39 is 8.80 Å². The van der Waals surface area contributed by atoms with Gasteiger partial charge in [-0.3, -0.25) is 0 Å². The van der Waals surface area contributed by atoms with Crippen LogP contribution in [0.25, 0.3) is 0 Å². The summed E-state index contributed by atoms with van der Waals surface area (Å²) in [5, 5.41) is 12.4. The standard InChI is InChI=1S/C16H33N3O3Si/c1-11(2)14(7)17-20-23(10,21-18-15(8)12(3)4)22-19-16(9)13(5)6/h11-13H,1-10H3. The second kappa shape index (κ2) is 9.70. The molecule has 0 rings (SSSR count). The zero-order valence-electron chi connectivity index (χ0n) is 16.3. The number of rotatable bonds is 9. The van der Waals surface area contributed by atoms with Crippen molar-refractivity contribution in [3.8, 4) is 0 Å². The van der Waals surface area contributed by atoms with Crippen molar-refractivity contribution < 1.29 is 13.6 Å². The summed E-state index contributed by atoms with van der Waals surface area (Å²) >= 11 is 0. The Morgan fingerprint density at radius 3 is 1.00 bits per heavy atom.